The van der Waals surface area contributed by atoms with Crippen LogP contribution < -0.4 is 10.6 Å². The Labute approximate surface area is 167 Å². The summed E-state index contributed by atoms with van der Waals surface area (Å²) < 4.78 is 5.97. The first-order valence-corrected chi connectivity index (χ1v) is 10.2. The highest BCUT2D eigenvalue weighted by atomic mass is 16.3. The molecule has 6 heteroatoms. The van der Waals surface area contributed by atoms with E-state index in [-0.39, 0.29) is 11.3 Å². The van der Waals surface area contributed by atoms with E-state index >= 15 is 0 Å². The molecule has 1 amide bonds. The second kappa shape index (κ2) is 8.67. The Morgan fingerprint density at radius 1 is 1.21 bits per heavy atom. The predicted molar refractivity (Wildman–Crippen MR) is 113 cm³/mol. The molecule has 1 aliphatic rings. The fraction of sp³-hybridized carbons (Fsp3) is 0.545. The fourth-order valence-corrected chi connectivity index (χ4v) is 4.11. The SMILES string of the molecule is CCNC(=NCc1oc2ccccc2c1C)NCC1(C(=O)N(C)C)CCCC1. The number of hydrogen-bond acceptors (Lipinski definition) is 3. The third-order valence-electron chi connectivity index (χ3n) is 5.68. The fourth-order valence-electron chi connectivity index (χ4n) is 4.11. The number of fused-ring (bicyclic) bond motifs is 1. The standard InChI is InChI=1S/C22H32N4O2/c1-5-23-21(25-15-22(12-8-9-13-22)20(27)26(3)4)24-14-19-16(2)17-10-6-7-11-18(17)28-19/h6-7,10-11H,5,8-9,12-15H2,1-4H3,(H2,23,24,25). The van der Waals surface area contributed by atoms with Crippen molar-refractivity contribution < 1.29 is 9.21 Å². The van der Waals surface area contributed by atoms with Crippen molar-refractivity contribution in [3.8, 4) is 0 Å². The number of aryl methyl sites for hydroxylation is 1. The van der Waals surface area contributed by atoms with Gasteiger partial charge in [-0.25, -0.2) is 4.99 Å². The third-order valence-corrected chi connectivity index (χ3v) is 5.68. The van der Waals surface area contributed by atoms with Crippen LogP contribution in [0.1, 0.15) is 43.9 Å². The van der Waals surface area contributed by atoms with E-state index in [2.05, 4.69) is 23.6 Å². The quantitative estimate of drug-likeness (QED) is 0.591. The molecule has 2 aromatic rings. The van der Waals surface area contributed by atoms with E-state index in [1.54, 1.807) is 4.90 Å². The van der Waals surface area contributed by atoms with Gasteiger partial charge in [0, 0.05) is 38.1 Å². The number of hydrogen-bond donors (Lipinski definition) is 2. The van der Waals surface area contributed by atoms with Gasteiger partial charge in [0.2, 0.25) is 5.91 Å². The molecular weight excluding hydrogens is 352 g/mol. The molecule has 0 bridgehead atoms. The lowest BCUT2D eigenvalue weighted by molar-refractivity contribution is -0.138. The number of rotatable bonds is 6. The van der Waals surface area contributed by atoms with Crippen LogP contribution in [-0.2, 0) is 11.3 Å². The van der Waals surface area contributed by atoms with E-state index < -0.39 is 0 Å². The van der Waals surface area contributed by atoms with E-state index in [0.717, 1.165) is 60.5 Å². The molecule has 1 aliphatic carbocycles. The van der Waals surface area contributed by atoms with Gasteiger partial charge < -0.3 is 20.0 Å². The molecule has 1 aromatic heterocycles. The maximum absolute atomic E-state index is 12.8. The van der Waals surface area contributed by atoms with Crippen molar-refractivity contribution in [2.75, 3.05) is 27.2 Å². The number of guanidine groups is 1. The van der Waals surface area contributed by atoms with Crippen molar-refractivity contribution in [3.05, 3.63) is 35.6 Å². The van der Waals surface area contributed by atoms with Crippen LogP contribution in [0.25, 0.3) is 11.0 Å². The maximum Gasteiger partial charge on any atom is 0.230 e. The minimum absolute atomic E-state index is 0.210. The molecule has 1 fully saturated rings. The molecule has 28 heavy (non-hydrogen) atoms. The molecule has 0 spiro atoms. The molecule has 0 saturated heterocycles. The van der Waals surface area contributed by atoms with E-state index in [0.29, 0.717) is 13.1 Å². The third kappa shape index (κ3) is 4.16. The van der Waals surface area contributed by atoms with Gasteiger partial charge in [0.05, 0.1) is 5.41 Å². The first-order valence-electron chi connectivity index (χ1n) is 10.2. The van der Waals surface area contributed by atoms with Crippen LogP contribution in [0.15, 0.2) is 33.7 Å². The molecule has 152 valence electrons. The van der Waals surface area contributed by atoms with Crippen LogP contribution in [-0.4, -0.2) is 44.0 Å². The highest BCUT2D eigenvalue weighted by Gasteiger charge is 2.42. The number of benzene rings is 1. The number of aliphatic imine (C=N–C) groups is 1. The van der Waals surface area contributed by atoms with Gasteiger partial charge in [-0.1, -0.05) is 31.0 Å². The average molecular weight is 385 g/mol. The average Bonchev–Trinajstić information content (AvgIpc) is 3.29. The number of furan rings is 1. The summed E-state index contributed by atoms with van der Waals surface area (Å²) in [5.74, 6) is 1.81. The normalized spacial score (nSPS) is 16.4. The van der Waals surface area contributed by atoms with Crippen LogP contribution in [0, 0.1) is 12.3 Å². The Morgan fingerprint density at radius 3 is 2.57 bits per heavy atom. The molecule has 1 heterocycles. The highest BCUT2D eigenvalue weighted by molar-refractivity contribution is 5.85. The Balaban J connectivity index is 1.73. The second-order valence-electron chi connectivity index (χ2n) is 7.88. The van der Waals surface area contributed by atoms with Gasteiger partial charge in [-0.3, -0.25) is 4.79 Å². The summed E-state index contributed by atoms with van der Waals surface area (Å²) in [7, 11) is 3.68. The summed E-state index contributed by atoms with van der Waals surface area (Å²) in [6, 6.07) is 8.05. The number of carbonyl (C=O) groups is 1. The lowest BCUT2D eigenvalue weighted by atomic mass is 9.84. The first-order chi connectivity index (χ1) is 13.5. The smallest absolute Gasteiger partial charge is 0.230 e. The van der Waals surface area contributed by atoms with Gasteiger partial charge in [0.15, 0.2) is 5.96 Å². The van der Waals surface area contributed by atoms with Gasteiger partial charge in [-0.2, -0.15) is 0 Å². The van der Waals surface area contributed by atoms with Gasteiger partial charge >= 0.3 is 0 Å². The van der Waals surface area contributed by atoms with Crippen molar-refractivity contribution in [1.82, 2.24) is 15.5 Å². The molecule has 0 atom stereocenters. The number of para-hydroxylation sites is 1. The Morgan fingerprint density at radius 2 is 1.93 bits per heavy atom. The van der Waals surface area contributed by atoms with E-state index in [4.69, 9.17) is 9.41 Å². The van der Waals surface area contributed by atoms with Crippen molar-refractivity contribution in [3.63, 3.8) is 0 Å². The van der Waals surface area contributed by atoms with Crippen LogP contribution in [0.3, 0.4) is 0 Å². The largest absolute Gasteiger partial charge is 0.459 e. The summed E-state index contributed by atoms with van der Waals surface area (Å²) in [6.07, 6.45) is 4.07. The second-order valence-corrected chi connectivity index (χ2v) is 7.88. The number of carbonyl (C=O) groups excluding carboxylic acids is 1. The molecule has 3 rings (SSSR count). The molecule has 0 radical (unpaired) electrons. The lowest BCUT2D eigenvalue weighted by Crippen LogP contribution is -2.49. The predicted octanol–water partition coefficient (Wildman–Crippen LogP) is 3.44. The van der Waals surface area contributed by atoms with Crippen LogP contribution in [0.2, 0.25) is 0 Å². The van der Waals surface area contributed by atoms with E-state index in [1.165, 1.54) is 0 Å². The topological polar surface area (TPSA) is 69.9 Å². The van der Waals surface area contributed by atoms with Crippen molar-refractivity contribution in [2.24, 2.45) is 10.4 Å². The zero-order valence-electron chi connectivity index (χ0n) is 17.5. The van der Waals surface area contributed by atoms with Gasteiger partial charge in [0.25, 0.3) is 0 Å². The van der Waals surface area contributed by atoms with E-state index in [9.17, 15) is 4.79 Å². The molecule has 2 N–H and O–H groups in total. The number of amides is 1. The van der Waals surface area contributed by atoms with E-state index in [1.807, 2.05) is 39.2 Å². The minimum atomic E-state index is -0.324. The molecular formula is C22H32N4O2. The van der Waals surface area contributed by atoms with Crippen LogP contribution in [0.4, 0.5) is 0 Å². The first kappa shape index (κ1) is 20.2. The van der Waals surface area contributed by atoms with Crippen molar-refractivity contribution in [1.29, 1.82) is 0 Å². The maximum atomic E-state index is 12.8. The van der Waals surface area contributed by atoms with Crippen LogP contribution >= 0.6 is 0 Å². The highest BCUT2D eigenvalue weighted by Crippen LogP contribution is 2.38. The Kier molecular flexibility index (Phi) is 6.27. The zero-order valence-corrected chi connectivity index (χ0v) is 17.5. The minimum Gasteiger partial charge on any atom is -0.459 e. The molecule has 1 aromatic carbocycles. The monoisotopic (exact) mass is 384 g/mol. The summed E-state index contributed by atoms with van der Waals surface area (Å²) in [5.41, 5.74) is 1.70. The Hall–Kier alpha value is -2.50. The van der Waals surface area contributed by atoms with Crippen molar-refractivity contribution in [2.45, 2.75) is 46.1 Å². The molecule has 1 saturated carbocycles. The Bertz CT molecular complexity index is 847. The number of nitrogens with zero attached hydrogens (tertiary/aromatic N) is 2. The molecule has 6 nitrogen and oxygen atoms in total. The van der Waals surface area contributed by atoms with Gasteiger partial charge in [-0.15, -0.1) is 0 Å². The zero-order chi connectivity index (χ0) is 20.1. The summed E-state index contributed by atoms with van der Waals surface area (Å²) in [6.45, 7) is 5.94. The summed E-state index contributed by atoms with van der Waals surface area (Å²) >= 11 is 0. The summed E-state index contributed by atoms with van der Waals surface area (Å²) in [4.78, 5) is 19.2. The molecule has 0 aliphatic heterocycles. The van der Waals surface area contributed by atoms with Crippen molar-refractivity contribution >= 4 is 22.8 Å². The van der Waals surface area contributed by atoms with Crippen LogP contribution in [0.5, 0.6) is 0 Å². The molecule has 0 unspecified atom stereocenters. The van der Waals surface area contributed by atoms with Gasteiger partial charge in [0.1, 0.15) is 17.9 Å². The lowest BCUT2D eigenvalue weighted by Gasteiger charge is -2.31. The summed E-state index contributed by atoms with van der Waals surface area (Å²) in [5, 5.41) is 7.83. The van der Waals surface area contributed by atoms with Gasteiger partial charge in [-0.05, 0) is 32.8 Å². The number of nitrogens with one attached hydrogen (secondary N) is 2.